The van der Waals surface area contributed by atoms with Gasteiger partial charge in [0.1, 0.15) is 12.2 Å². The van der Waals surface area contributed by atoms with Crippen LogP contribution in [-0.2, 0) is 32.7 Å². The summed E-state index contributed by atoms with van der Waals surface area (Å²) >= 11 is 0. The maximum Gasteiger partial charge on any atom is 0.472 e. The number of aliphatic hydroxyl groups excluding tert-OH is 2. The number of hydrogen-bond acceptors (Lipinski definition) is 9. The fourth-order valence-corrected chi connectivity index (χ4v) is 7.48. The standard InChI is InChI=1S/C47H89O10P/c1-3-5-7-9-11-13-15-17-19-21-22-23-25-27-29-31-33-35-37-39-47(51)57-45(41-49)43-55-58(52,53)54-42-44(40-48)56-46(50)38-36-34-32-30-28-26-24-20-18-16-14-12-10-8-6-4-2/h17,19-20,24,44-45,48-49H,3-16,18,21-23,25-43H2,1-2H3,(H,52,53)/b19-17-,24-20-. The molecule has 0 aliphatic heterocycles. The Kier molecular flexibility index (Phi) is 42.4. The average molecular weight is 845 g/mol. The van der Waals surface area contributed by atoms with E-state index in [1.54, 1.807) is 0 Å². The largest absolute Gasteiger partial charge is 0.472 e. The van der Waals surface area contributed by atoms with Gasteiger partial charge in [-0.3, -0.25) is 18.6 Å². The summed E-state index contributed by atoms with van der Waals surface area (Å²) in [5.41, 5.74) is 0. The highest BCUT2D eigenvalue weighted by Gasteiger charge is 2.27. The molecule has 0 aliphatic carbocycles. The van der Waals surface area contributed by atoms with Crippen molar-refractivity contribution < 1.29 is 47.8 Å². The first kappa shape index (κ1) is 56.5. The molecule has 0 spiro atoms. The summed E-state index contributed by atoms with van der Waals surface area (Å²) in [5, 5.41) is 19.2. The van der Waals surface area contributed by atoms with Crippen molar-refractivity contribution in [1.29, 1.82) is 0 Å². The second kappa shape index (κ2) is 43.5. The molecular formula is C47H89O10P. The van der Waals surface area contributed by atoms with Crippen molar-refractivity contribution in [1.82, 2.24) is 0 Å². The average Bonchev–Trinajstić information content (AvgIpc) is 3.21. The number of hydrogen-bond donors (Lipinski definition) is 3. The molecule has 342 valence electrons. The molecule has 0 saturated heterocycles. The lowest BCUT2D eigenvalue weighted by molar-refractivity contribution is -0.153. The first-order valence-corrected chi connectivity index (χ1v) is 25.3. The van der Waals surface area contributed by atoms with Gasteiger partial charge in [-0.2, -0.15) is 0 Å². The second-order valence-electron chi connectivity index (χ2n) is 16.1. The van der Waals surface area contributed by atoms with E-state index in [1.165, 1.54) is 135 Å². The molecule has 3 N–H and O–H groups in total. The summed E-state index contributed by atoms with van der Waals surface area (Å²) in [6, 6.07) is 0. The van der Waals surface area contributed by atoms with Crippen LogP contribution in [0.5, 0.6) is 0 Å². The van der Waals surface area contributed by atoms with Gasteiger partial charge in [0.05, 0.1) is 26.4 Å². The molecular weight excluding hydrogens is 755 g/mol. The van der Waals surface area contributed by atoms with E-state index in [4.69, 9.17) is 18.5 Å². The Bertz CT molecular complexity index is 1020. The minimum Gasteiger partial charge on any atom is -0.457 e. The van der Waals surface area contributed by atoms with E-state index in [-0.39, 0.29) is 12.8 Å². The number of unbranched alkanes of at least 4 members (excludes halogenated alkanes) is 27. The molecule has 0 aromatic rings. The molecule has 0 aromatic carbocycles. The van der Waals surface area contributed by atoms with E-state index in [9.17, 15) is 29.3 Å². The number of phosphoric acid groups is 1. The number of rotatable bonds is 45. The van der Waals surface area contributed by atoms with Crippen LogP contribution in [0.3, 0.4) is 0 Å². The van der Waals surface area contributed by atoms with Crippen molar-refractivity contribution in [3.8, 4) is 0 Å². The fourth-order valence-electron chi connectivity index (χ4n) is 6.69. The zero-order chi connectivity index (χ0) is 42.6. The number of carbonyl (C=O) groups is 2. The van der Waals surface area contributed by atoms with Gasteiger partial charge in [-0.1, -0.05) is 173 Å². The first-order chi connectivity index (χ1) is 28.3. The monoisotopic (exact) mass is 845 g/mol. The SMILES string of the molecule is CCCCCCCC/C=C\CCCCCCCCCCCC(=O)OC(CO)COP(=O)(O)OCC(CO)OC(=O)CCCCCCC/C=C\CCCCCCCCC. The summed E-state index contributed by atoms with van der Waals surface area (Å²) in [6.07, 6.45) is 44.3. The third-order valence-electron chi connectivity index (χ3n) is 10.4. The molecule has 0 saturated carbocycles. The van der Waals surface area contributed by atoms with Crippen LogP contribution in [0, 0.1) is 0 Å². The number of esters is 2. The number of phosphoric ester groups is 1. The molecule has 3 atom stereocenters. The van der Waals surface area contributed by atoms with Crippen molar-refractivity contribution in [2.24, 2.45) is 0 Å². The minimum atomic E-state index is -4.64. The Morgan fingerprint density at radius 3 is 0.983 bits per heavy atom. The third-order valence-corrected chi connectivity index (χ3v) is 11.3. The zero-order valence-corrected chi connectivity index (χ0v) is 38.2. The predicted molar refractivity (Wildman–Crippen MR) is 238 cm³/mol. The van der Waals surface area contributed by atoms with Gasteiger partial charge in [0.25, 0.3) is 0 Å². The molecule has 0 bridgehead atoms. The normalized spacial score (nSPS) is 13.9. The number of allylic oxidation sites excluding steroid dienone is 4. The fraction of sp³-hybridized carbons (Fsp3) is 0.872. The maximum atomic E-state index is 12.4. The Morgan fingerprint density at radius 1 is 0.448 bits per heavy atom. The van der Waals surface area contributed by atoms with E-state index in [0.29, 0.717) is 12.8 Å². The van der Waals surface area contributed by atoms with Crippen LogP contribution < -0.4 is 0 Å². The Labute approximate surface area is 355 Å². The topological polar surface area (TPSA) is 149 Å². The van der Waals surface area contributed by atoms with Crippen LogP contribution in [-0.4, -0.2) is 65.7 Å². The number of aliphatic hydroxyl groups is 2. The van der Waals surface area contributed by atoms with Gasteiger partial charge in [0.15, 0.2) is 0 Å². The van der Waals surface area contributed by atoms with Gasteiger partial charge < -0.3 is 24.6 Å². The van der Waals surface area contributed by atoms with E-state index < -0.39 is 58.4 Å². The van der Waals surface area contributed by atoms with Crippen LogP contribution in [0.4, 0.5) is 0 Å². The Hall–Kier alpha value is -1.55. The lowest BCUT2D eigenvalue weighted by atomic mass is 10.1. The van der Waals surface area contributed by atoms with Crippen molar-refractivity contribution in [3.05, 3.63) is 24.3 Å². The molecule has 0 aromatic heterocycles. The molecule has 11 heteroatoms. The summed E-state index contributed by atoms with van der Waals surface area (Å²) in [4.78, 5) is 34.6. The molecule has 58 heavy (non-hydrogen) atoms. The summed E-state index contributed by atoms with van der Waals surface area (Å²) in [5.74, 6) is -1.02. The van der Waals surface area contributed by atoms with Crippen LogP contribution in [0.2, 0.25) is 0 Å². The predicted octanol–water partition coefficient (Wildman–Crippen LogP) is 13.0. The van der Waals surface area contributed by atoms with E-state index in [1.807, 2.05) is 0 Å². The van der Waals surface area contributed by atoms with Crippen LogP contribution in [0.25, 0.3) is 0 Å². The van der Waals surface area contributed by atoms with Gasteiger partial charge in [-0.05, 0) is 64.2 Å². The van der Waals surface area contributed by atoms with Gasteiger partial charge in [0.2, 0.25) is 0 Å². The maximum absolute atomic E-state index is 12.4. The first-order valence-electron chi connectivity index (χ1n) is 23.8. The van der Waals surface area contributed by atoms with E-state index >= 15 is 0 Å². The van der Waals surface area contributed by atoms with Crippen molar-refractivity contribution in [2.75, 3.05) is 26.4 Å². The zero-order valence-electron chi connectivity index (χ0n) is 37.3. The molecule has 0 aliphatic rings. The molecule has 0 rings (SSSR count). The Balaban J connectivity index is 3.87. The minimum absolute atomic E-state index is 0.184. The Morgan fingerprint density at radius 2 is 0.707 bits per heavy atom. The summed E-state index contributed by atoms with van der Waals surface area (Å²) in [6.45, 7) is 2.22. The van der Waals surface area contributed by atoms with E-state index in [2.05, 4.69) is 38.2 Å². The van der Waals surface area contributed by atoms with Gasteiger partial charge in [-0.15, -0.1) is 0 Å². The van der Waals surface area contributed by atoms with Crippen molar-refractivity contribution in [2.45, 2.75) is 238 Å². The van der Waals surface area contributed by atoms with Gasteiger partial charge in [0, 0.05) is 12.8 Å². The molecule has 10 nitrogen and oxygen atoms in total. The lowest BCUT2D eigenvalue weighted by Gasteiger charge is -2.20. The van der Waals surface area contributed by atoms with Gasteiger partial charge in [-0.25, -0.2) is 4.57 Å². The number of ether oxygens (including phenoxy) is 2. The summed E-state index contributed by atoms with van der Waals surface area (Å²) in [7, 11) is -4.64. The molecule has 0 amide bonds. The molecule has 3 unspecified atom stereocenters. The van der Waals surface area contributed by atoms with E-state index in [0.717, 1.165) is 51.4 Å². The van der Waals surface area contributed by atoms with Gasteiger partial charge >= 0.3 is 19.8 Å². The smallest absolute Gasteiger partial charge is 0.457 e. The molecule has 0 heterocycles. The second-order valence-corrected chi connectivity index (χ2v) is 17.5. The third kappa shape index (κ3) is 41.2. The highest BCUT2D eigenvalue weighted by atomic mass is 31.2. The van der Waals surface area contributed by atoms with Crippen molar-refractivity contribution in [3.63, 3.8) is 0 Å². The van der Waals surface area contributed by atoms with Crippen LogP contribution in [0.1, 0.15) is 226 Å². The lowest BCUT2D eigenvalue weighted by Crippen LogP contribution is -2.28. The quantitative estimate of drug-likeness (QED) is 0.0234. The van der Waals surface area contributed by atoms with Crippen molar-refractivity contribution >= 4 is 19.8 Å². The highest BCUT2D eigenvalue weighted by molar-refractivity contribution is 7.47. The van der Waals surface area contributed by atoms with Crippen LogP contribution >= 0.6 is 7.82 Å². The van der Waals surface area contributed by atoms with Crippen LogP contribution in [0.15, 0.2) is 24.3 Å². The summed E-state index contributed by atoms with van der Waals surface area (Å²) < 4.78 is 32.6. The number of carbonyl (C=O) groups excluding carboxylic acids is 2. The highest BCUT2D eigenvalue weighted by Crippen LogP contribution is 2.43. The molecule has 0 radical (unpaired) electrons. The molecule has 0 fully saturated rings.